The van der Waals surface area contributed by atoms with Gasteiger partial charge in [0.15, 0.2) is 0 Å². The number of fused-ring (bicyclic) bond motifs is 2. The molecule has 0 saturated carbocycles. The summed E-state index contributed by atoms with van der Waals surface area (Å²) < 4.78 is 0. The van der Waals surface area contributed by atoms with E-state index in [2.05, 4.69) is 5.32 Å². The standard InChI is InChI=1S/C8H13NO/c1-5-7-3-2-6(9-7)4-8(5)10/h5-7,9H,2-4H2,1H3/t5-,6-,7+/m1/s1. The summed E-state index contributed by atoms with van der Waals surface area (Å²) in [4.78, 5) is 11.2. The maximum absolute atomic E-state index is 11.2. The van der Waals surface area contributed by atoms with Crippen molar-refractivity contribution in [3.63, 3.8) is 0 Å². The van der Waals surface area contributed by atoms with Crippen LogP contribution in [0, 0.1) is 5.92 Å². The van der Waals surface area contributed by atoms with Crippen LogP contribution in [0.15, 0.2) is 0 Å². The van der Waals surface area contributed by atoms with Crippen molar-refractivity contribution in [2.75, 3.05) is 0 Å². The Morgan fingerprint density at radius 3 is 3.10 bits per heavy atom. The summed E-state index contributed by atoms with van der Waals surface area (Å²) >= 11 is 0. The first kappa shape index (κ1) is 6.35. The van der Waals surface area contributed by atoms with Gasteiger partial charge in [-0.2, -0.15) is 0 Å². The van der Waals surface area contributed by atoms with Crippen molar-refractivity contribution in [3.05, 3.63) is 0 Å². The molecule has 2 aliphatic heterocycles. The van der Waals surface area contributed by atoms with Gasteiger partial charge in [0.05, 0.1) is 0 Å². The Balaban J connectivity index is 2.17. The van der Waals surface area contributed by atoms with Crippen molar-refractivity contribution in [1.29, 1.82) is 0 Å². The zero-order chi connectivity index (χ0) is 7.14. The number of carbonyl (C=O) groups is 1. The van der Waals surface area contributed by atoms with Crippen LogP contribution in [0.2, 0.25) is 0 Å². The van der Waals surface area contributed by atoms with E-state index in [9.17, 15) is 4.79 Å². The van der Waals surface area contributed by atoms with Gasteiger partial charge in [0, 0.05) is 24.4 Å². The Morgan fingerprint density at radius 1 is 1.50 bits per heavy atom. The molecule has 0 aromatic heterocycles. The molecule has 2 fully saturated rings. The highest BCUT2D eigenvalue weighted by molar-refractivity contribution is 5.83. The molecule has 2 aliphatic rings. The molecular weight excluding hydrogens is 126 g/mol. The number of rotatable bonds is 0. The minimum absolute atomic E-state index is 0.277. The summed E-state index contributed by atoms with van der Waals surface area (Å²) in [5.41, 5.74) is 0. The lowest BCUT2D eigenvalue weighted by molar-refractivity contribution is -0.124. The van der Waals surface area contributed by atoms with E-state index in [4.69, 9.17) is 0 Å². The Kier molecular flexibility index (Phi) is 1.31. The number of piperidine rings is 1. The van der Waals surface area contributed by atoms with Gasteiger partial charge in [-0.25, -0.2) is 0 Å². The maximum atomic E-state index is 11.2. The van der Waals surface area contributed by atoms with Crippen molar-refractivity contribution >= 4 is 5.78 Å². The third kappa shape index (κ3) is 0.788. The van der Waals surface area contributed by atoms with Gasteiger partial charge in [-0.05, 0) is 12.8 Å². The molecule has 2 heterocycles. The maximum Gasteiger partial charge on any atom is 0.138 e. The molecular formula is C8H13NO. The summed E-state index contributed by atoms with van der Waals surface area (Å²) in [6, 6.07) is 1.03. The molecule has 0 radical (unpaired) electrons. The highest BCUT2D eigenvalue weighted by Gasteiger charge is 2.37. The molecule has 3 atom stereocenters. The molecule has 0 aliphatic carbocycles. The Labute approximate surface area is 61.0 Å². The molecule has 56 valence electrons. The molecule has 0 unspecified atom stereocenters. The first-order chi connectivity index (χ1) is 4.77. The summed E-state index contributed by atoms with van der Waals surface area (Å²) in [6.07, 6.45) is 3.19. The van der Waals surface area contributed by atoms with Crippen LogP contribution in [0.1, 0.15) is 26.2 Å². The average molecular weight is 139 g/mol. The van der Waals surface area contributed by atoms with Gasteiger partial charge >= 0.3 is 0 Å². The Morgan fingerprint density at radius 2 is 2.30 bits per heavy atom. The second-order valence-corrected chi connectivity index (χ2v) is 3.51. The molecule has 0 aromatic rings. The molecule has 0 aromatic carbocycles. The van der Waals surface area contributed by atoms with Crippen LogP contribution in [-0.2, 0) is 4.79 Å². The highest BCUT2D eigenvalue weighted by atomic mass is 16.1. The van der Waals surface area contributed by atoms with Crippen LogP contribution in [-0.4, -0.2) is 17.9 Å². The first-order valence-electron chi connectivity index (χ1n) is 4.06. The van der Waals surface area contributed by atoms with Gasteiger partial charge in [-0.15, -0.1) is 0 Å². The highest BCUT2D eigenvalue weighted by Crippen LogP contribution is 2.28. The fraction of sp³-hybridized carbons (Fsp3) is 0.875. The van der Waals surface area contributed by atoms with Crippen LogP contribution in [0.5, 0.6) is 0 Å². The molecule has 10 heavy (non-hydrogen) atoms. The zero-order valence-electron chi connectivity index (χ0n) is 6.26. The van der Waals surface area contributed by atoms with Gasteiger partial charge in [-0.3, -0.25) is 4.79 Å². The van der Waals surface area contributed by atoms with Gasteiger partial charge < -0.3 is 5.32 Å². The topological polar surface area (TPSA) is 29.1 Å². The fourth-order valence-electron chi connectivity index (χ4n) is 2.06. The summed E-state index contributed by atoms with van der Waals surface area (Å²) in [6.45, 7) is 2.04. The normalized spacial score (nSPS) is 46.1. The molecule has 2 nitrogen and oxygen atoms in total. The molecule has 0 amide bonds. The molecule has 2 heteroatoms. The fourth-order valence-corrected chi connectivity index (χ4v) is 2.06. The van der Waals surface area contributed by atoms with Gasteiger partial charge in [0.25, 0.3) is 0 Å². The molecule has 2 bridgehead atoms. The van der Waals surface area contributed by atoms with Crippen molar-refractivity contribution < 1.29 is 4.79 Å². The Hall–Kier alpha value is -0.370. The van der Waals surface area contributed by atoms with E-state index < -0.39 is 0 Å². The van der Waals surface area contributed by atoms with E-state index in [1.807, 2.05) is 6.92 Å². The van der Waals surface area contributed by atoms with Crippen LogP contribution in [0.3, 0.4) is 0 Å². The third-order valence-electron chi connectivity index (χ3n) is 2.83. The van der Waals surface area contributed by atoms with E-state index in [1.165, 1.54) is 12.8 Å². The number of hydrogen-bond acceptors (Lipinski definition) is 2. The number of carbonyl (C=O) groups excluding carboxylic acids is 1. The largest absolute Gasteiger partial charge is 0.310 e. The first-order valence-corrected chi connectivity index (χ1v) is 4.06. The second kappa shape index (κ2) is 2.06. The van der Waals surface area contributed by atoms with Crippen LogP contribution in [0.4, 0.5) is 0 Å². The van der Waals surface area contributed by atoms with E-state index >= 15 is 0 Å². The van der Waals surface area contributed by atoms with Crippen molar-refractivity contribution in [2.24, 2.45) is 5.92 Å². The van der Waals surface area contributed by atoms with Crippen LogP contribution in [0.25, 0.3) is 0 Å². The third-order valence-corrected chi connectivity index (χ3v) is 2.83. The number of Topliss-reactive ketones (excluding diaryl/α,β-unsaturated/α-hetero) is 1. The SMILES string of the molecule is C[C@H]1C(=O)C[C@H]2CC[C@@H]1N2. The van der Waals surface area contributed by atoms with E-state index in [-0.39, 0.29) is 5.92 Å². The van der Waals surface area contributed by atoms with Gasteiger partial charge in [-0.1, -0.05) is 6.92 Å². The number of hydrogen-bond donors (Lipinski definition) is 1. The monoisotopic (exact) mass is 139 g/mol. The van der Waals surface area contributed by atoms with Gasteiger partial charge in [0.2, 0.25) is 0 Å². The summed E-state index contributed by atoms with van der Waals surface area (Å²) in [5.74, 6) is 0.741. The molecule has 1 N–H and O–H groups in total. The smallest absolute Gasteiger partial charge is 0.138 e. The van der Waals surface area contributed by atoms with Gasteiger partial charge in [0.1, 0.15) is 5.78 Å². The van der Waals surface area contributed by atoms with Crippen molar-refractivity contribution in [2.45, 2.75) is 38.3 Å². The molecule has 2 rings (SSSR count). The van der Waals surface area contributed by atoms with Crippen LogP contribution < -0.4 is 5.32 Å². The number of nitrogens with one attached hydrogen (secondary N) is 1. The van der Waals surface area contributed by atoms with E-state index in [0.717, 1.165) is 6.42 Å². The predicted octanol–water partition coefficient (Wildman–Crippen LogP) is 0.716. The van der Waals surface area contributed by atoms with Crippen LogP contribution >= 0.6 is 0 Å². The second-order valence-electron chi connectivity index (χ2n) is 3.51. The minimum Gasteiger partial charge on any atom is -0.310 e. The van der Waals surface area contributed by atoms with E-state index in [1.54, 1.807) is 0 Å². The lowest BCUT2D eigenvalue weighted by Crippen LogP contribution is -2.44. The van der Waals surface area contributed by atoms with Crippen molar-refractivity contribution in [1.82, 2.24) is 5.32 Å². The average Bonchev–Trinajstić information content (AvgIpc) is 2.29. The lowest BCUT2D eigenvalue weighted by atomic mass is 9.93. The summed E-state index contributed by atoms with van der Waals surface area (Å²) in [5, 5.41) is 3.45. The van der Waals surface area contributed by atoms with E-state index in [0.29, 0.717) is 17.9 Å². The number of ketones is 1. The predicted molar refractivity (Wildman–Crippen MR) is 38.7 cm³/mol. The molecule has 2 saturated heterocycles. The zero-order valence-corrected chi connectivity index (χ0v) is 6.26. The van der Waals surface area contributed by atoms with Crippen molar-refractivity contribution in [3.8, 4) is 0 Å². The minimum atomic E-state index is 0.277. The lowest BCUT2D eigenvalue weighted by Gasteiger charge is -2.25. The molecule has 0 spiro atoms. The summed E-state index contributed by atoms with van der Waals surface area (Å²) in [7, 11) is 0. The Bertz CT molecular complexity index is 167. The quantitative estimate of drug-likeness (QED) is 0.535.